The summed E-state index contributed by atoms with van der Waals surface area (Å²) < 4.78 is 28.3. The Balaban J connectivity index is 2.24. The molecule has 0 unspecified atom stereocenters. The lowest BCUT2D eigenvalue weighted by molar-refractivity contribution is 0.574. The van der Waals surface area contributed by atoms with E-state index in [-0.39, 0.29) is 12.2 Å². The van der Waals surface area contributed by atoms with E-state index in [0.717, 1.165) is 11.5 Å². The Labute approximate surface area is 121 Å². The summed E-state index contributed by atoms with van der Waals surface area (Å²) in [6.45, 7) is 1.48. The number of nitrogens with two attached hydrogens (primary N) is 2. The molecule has 0 aromatic heterocycles. The molecule has 1 aromatic carbocycles. The average Bonchev–Trinajstić information content (AvgIpc) is 2.45. The van der Waals surface area contributed by atoms with E-state index in [1.165, 1.54) is 18.3 Å². The first-order valence-corrected chi connectivity index (χ1v) is 7.50. The minimum atomic E-state index is -0.576. The smallest absolute Gasteiger partial charge is 0.151 e. The Bertz CT molecular complexity index is 478. The summed E-state index contributed by atoms with van der Waals surface area (Å²) in [7, 11) is 0. The van der Waals surface area contributed by atoms with Crippen molar-refractivity contribution in [3.05, 3.63) is 35.7 Å². The third kappa shape index (κ3) is 3.34. The van der Waals surface area contributed by atoms with Crippen LogP contribution in [0.25, 0.3) is 0 Å². The van der Waals surface area contributed by atoms with Gasteiger partial charge in [-0.1, -0.05) is 0 Å². The molecule has 20 heavy (non-hydrogen) atoms. The van der Waals surface area contributed by atoms with E-state index >= 15 is 0 Å². The second kappa shape index (κ2) is 6.81. The SMILES string of the molecule is N/C=C(/CN)Nc1cc(F)c(N2CCSCC2)c(F)c1. The van der Waals surface area contributed by atoms with Crippen molar-refractivity contribution in [1.29, 1.82) is 0 Å². The highest BCUT2D eigenvalue weighted by Gasteiger charge is 2.20. The predicted octanol–water partition coefficient (Wildman–Crippen LogP) is 1.69. The molecule has 0 radical (unpaired) electrons. The number of hydrogen-bond donors (Lipinski definition) is 3. The maximum atomic E-state index is 14.1. The first-order chi connectivity index (χ1) is 9.65. The summed E-state index contributed by atoms with van der Waals surface area (Å²) in [5, 5.41) is 2.80. The van der Waals surface area contributed by atoms with Gasteiger partial charge in [-0.15, -0.1) is 0 Å². The summed E-state index contributed by atoms with van der Waals surface area (Å²) in [5.41, 5.74) is 11.6. The number of hydrogen-bond acceptors (Lipinski definition) is 5. The molecule has 1 aliphatic heterocycles. The average molecular weight is 300 g/mol. The van der Waals surface area contributed by atoms with Crippen molar-refractivity contribution in [2.75, 3.05) is 41.4 Å². The maximum Gasteiger partial charge on any atom is 0.151 e. The van der Waals surface area contributed by atoms with Gasteiger partial charge in [0.15, 0.2) is 11.6 Å². The minimum absolute atomic E-state index is 0.0434. The molecular weight excluding hydrogens is 282 g/mol. The molecule has 0 atom stereocenters. The van der Waals surface area contributed by atoms with Gasteiger partial charge in [0.25, 0.3) is 0 Å². The Kier molecular flexibility index (Phi) is 5.08. The number of rotatable bonds is 4. The highest BCUT2D eigenvalue weighted by Crippen LogP contribution is 2.29. The van der Waals surface area contributed by atoms with Gasteiger partial charge in [-0.2, -0.15) is 11.8 Å². The quantitative estimate of drug-likeness (QED) is 0.789. The monoisotopic (exact) mass is 300 g/mol. The van der Waals surface area contributed by atoms with Crippen LogP contribution in [0.1, 0.15) is 0 Å². The topological polar surface area (TPSA) is 67.3 Å². The van der Waals surface area contributed by atoms with E-state index in [1.807, 2.05) is 0 Å². The molecule has 1 saturated heterocycles. The lowest BCUT2D eigenvalue weighted by Gasteiger charge is -2.29. The van der Waals surface area contributed by atoms with Gasteiger partial charge >= 0.3 is 0 Å². The number of anilines is 2. The van der Waals surface area contributed by atoms with E-state index < -0.39 is 11.6 Å². The highest BCUT2D eigenvalue weighted by molar-refractivity contribution is 7.99. The van der Waals surface area contributed by atoms with Gasteiger partial charge < -0.3 is 21.7 Å². The number of nitrogens with zero attached hydrogens (tertiary/aromatic N) is 1. The van der Waals surface area contributed by atoms with Crippen LogP contribution in [-0.2, 0) is 0 Å². The number of thioether (sulfide) groups is 1. The molecule has 110 valence electrons. The molecule has 4 nitrogen and oxygen atoms in total. The number of halogens is 2. The summed E-state index contributed by atoms with van der Waals surface area (Å²) in [4.78, 5) is 1.74. The van der Waals surface area contributed by atoms with Crippen molar-refractivity contribution >= 4 is 23.1 Å². The third-order valence-corrected chi connectivity index (χ3v) is 4.01. The fourth-order valence-electron chi connectivity index (χ4n) is 2.07. The Morgan fingerprint density at radius 1 is 1.30 bits per heavy atom. The van der Waals surface area contributed by atoms with Crippen LogP contribution in [0.2, 0.25) is 0 Å². The molecule has 0 bridgehead atoms. The van der Waals surface area contributed by atoms with Gasteiger partial charge in [0.05, 0.1) is 0 Å². The van der Waals surface area contributed by atoms with Crippen molar-refractivity contribution in [3.8, 4) is 0 Å². The zero-order valence-corrected chi connectivity index (χ0v) is 11.9. The largest absolute Gasteiger partial charge is 0.403 e. The normalized spacial score (nSPS) is 16.4. The van der Waals surface area contributed by atoms with Gasteiger partial charge in [-0.05, 0) is 12.1 Å². The summed E-state index contributed by atoms with van der Waals surface area (Å²) in [6.07, 6.45) is 1.28. The van der Waals surface area contributed by atoms with Gasteiger partial charge in [0, 0.05) is 48.7 Å². The van der Waals surface area contributed by atoms with Crippen LogP contribution < -0.4 is 21.7 Å². The molecule has 1 aromatic rings. The van der Waals surface area contributed by atoms with E-state index in [4.69, 9.17) is 11.5 Å². The zero-order chi connectivity index (χ0) is 14.5. The van der Waals surface area contributed by atoms with Gasteiger partial charge in [0.2, 0.25) is 0 Å². The summed E-state index contributed by atoms with van der Waals surface area (Å²) >= 11 is 1.79. The molecule has 2 rings (SSSR count). The third-order valence-electron chi connectivity index (χ3n) is 3.07. The highest BCUT2D eigenvalue weighted by atomic mass is 32.2. The maximum absolute atomic E-state index is 14.1. The van der Waals surface area contributed by atoms with Crippen LogP contribution in [0.4, 0.5) is 20.2 Å². The van der Waals surface area contributed by atoms with Crippen molar-refractivity contribution in [2.45, 2.75) is 0 Å². The fourth-order valence-corrected chi connectivity index (χ4v) is 2.98. The molecule has 1 aliphatic rings. The van der Waals surface area contributed by atoms with Crippen molar-refractivity contribution in [1.82, 2.24) is 0 Å². The predicted molar refractivity (Wildman–Crippen MR) is 80.8 cm³/mol. The van der Waals surface area contributed by atoms with Gasteiger partial charge in [0.1, 0.15) is 5.69 Å². The zero-order valence-electron chi connectivity index (χ0n) is 11.0. The first kappa shape index (κ1) is 14.9. The minimum Gasteiger partial charge on any atom is -0.403 e. The van der Waals surface area contributed by atoms with Crippen LogP contribution in [0.5, 0.6) is 0 Å². The molecule has 1 heterocycles. The Morgan fingerprint density at radius 2 is 1.90 bits per heavy atom. The Morgan fingerprint density at radius 3 is 2.40 bits per heavy atom. The summed E-state index contributed by atoms with van der Waals surface area (Å²) in [5.74, 6) is 0.610. The lowest BCUT2D eigenvalue weighted by Crippen LogP contribution is -2.33. The van der Waals surface area contributed by atoms with Gasteiger partial charge in [-0.3, -0.25) is 0 Å². The van der Waals surface area contributed by atoms with E-state index in [1.54, 1.807) is 16.7 Å². The van der Waals surface area contributed by atoms with Crippen molar-refractivity contribution in [2.24, 2.45) is 11.5 Å². The molecule has 1 fully saturated rings. The van der Waals surface area contributed by atoms with Crippen molar-refractivity contribution in [3.63, 3.8) is 0 Å². The van der Waals surface area contributed by atoms with Crippen LogP contribution >= 0.6 is 11.8 Å². The molecular formula is C13H18F2N4S. The van der Waals surface area contributed by atoms with Crippen LogP contribution in [0.3, 0.4) is 0 Å². The number of benzene rings is 1. The number of nitrogens with one attached hydrogen (secondary N) is 1. The molecule has 0 aliphatic carbocycles. The molecule has 0 spiro atoms. The van der Waals surface area contributed by atoms with Crippen molar-refractivity contribution < 1.29 is 8.78 Å². The molecule has 0 saturated carbocycles. The fraction of sp³-hybridized carbons (Fsp3) is 0.385. The van der Waals surface area contributed by atoms with Crippen LogP contribution in [0, 0.1) is 11.6 Å². The van der Waals surface area contributed by atoms with E-state index in [2.05, 4.69) is 5.32 Å². The lowest BCUT2D eigenvalue weighted by atomic mass is 10.2. The van der Waals surface area contributed by atoms with Crippen LogP contribution in [-0.4, -0.2) is 31.1 Å². The second-order valence-corrected chi connectivity index (χ2v) is 5.63. The summed E-state index contributed by atoms with van der Waals surface area (Å²) in [6, 6.07) is 2.53. The van der Waals surface area contributed by atoms with E-state index in [9.17, 15) is 8.78 Å². The van der Waals surface area contributed by atoms with E-state index in [0.29, 0.717) is 24.5 Å². The Hall–Kier alpha value is -1.47. The standard InChI is InChI=1S/C13H18F2N4S/c14-11-5-9(18-10(7-16)8-17)6-12(15)13(11)19-1-3-20-4-2-19/h5-7,18H,1-4,8,16-17H2/b10-7-. The molecule has 5 N–H and O–H groups in total. The molecule has 7 heteroatoms. The first-order valence-electron chi connectivity index (χ1n) is 6.35. The van der Waals surface area contributed by atoms with Crippen LogP contribution in [0.15, 0.2) is 24.0 Å². The second-order valence-electron chi connectivity index (χ2n) is 4.41. The van der Waals surface area contributed by atoms with Gasteiger partial charge in [-0.25, -0.2) is 8.78 Å². The molecule has 0 amide bonds.